The summed E-state index contributed by atoms with van der Waals surface area (Å²) < 4.78 is 9.93. The molecule has 0 saturated heterocycles. The maximum Gasteiger partial charge on any atom is 0.319 e. The summed E-state index contributed by atoms with van der Waals surface area (Å²) >= 11 is 0. The van der Waals surface area contributed by atoms with Crippen molar-refractivity contribution in [2.24, 2.45) is 0 Å². The summed E-state index contributed by atoms with van der Waals surface area (Å²) in [6.45, 7) is 4.43. The summed E-state index contributed by atoms with van der Waals surface area (Å²) in [6.07, 6.45) is 0. The first-order valence-corrected chi connectivity index (χ1v) is 5.70. The molecule has 0 saturated carbocycles. The second kappa shape index (κ2) is 6.91. The Labute approximate surface area is 102 Å². The molecule has 0 amide bonds. The van der Waals surface area contributed by atoms with E-state index < -0.39 is 0 Å². The molecule has 4 nitrogen and oxygen atoms in total. The minimum atomic E-state index is -0.229. The lowest BCUT2D eigenvalue weighted by atomic mass is 10.1. The molecule has 0 aliphatic rings. The van der Waals surface area contributed by atoms with E-state index in [2.05, 4.69) is 5.32 Å². The molecule has 1 N–H and O–H groups in total. The van der Waals surface area contributed by atoms with Gasteiger partial charge in [0.1, 0.15) is 5.75 Å². The molecule has 94 valence electrons. The van der Waals surface area contributed by atoms with E-state index in [4.69, 9.17) is 9.47 Å². The van der Waals surface area contributed by atoms with Gasteiger partial charge in [-0.3, -0.25) is 4.79 Å². The molecular formula is C13H19NO3. The van der Waals surface area contributed by atoms with Crippen LogP contribution in [0.4, 0.5) is 0 Å². The van der Waals surface area contributed by atoms with Crippen molar-refractivity contribution in [3.8, 4) is 5.75 Å². The zero-order valence-electron chi connectivity index (χ0n) is 10.5. The van der Waals surface area contributed by atoms with Gasteiger partial charge in [-0.05, 0) is 31.5 Å². The Hall–Kier alpha value is -1.55. The van der Waals surface area contributed by atoms with Gasteiger partial charge >= 0.3 is 5.97 Å². The molecule has 0 heterocycles. The number of benzene rings is 1. The van der Waals surface area contributed by atoms with Crippen molar-refractivity contribution in [2.45, 2.75) is 19.9 Å². The molecule has 1 aromatic carbocycles. The van der Waals surface area contributed by atoms with E-state index in [1.807, 2.05) is 31.2 Å². The van der Waals surface area contributed by atoms with Gasteiger partial charge in [-0.25, -0.2) is 0 Å². The van der Waals surface area contributed by atoms with E-state index in [0.29, 0.717) is 6.61 Å². The van der Waals surface area contributed by atoms with Gasteiger partial charge in [0.25, 0.3) is 0 Å². The first-order chi connectivity index (χ1) is 8.17. The lowest BCUT2D eigenvalue weighted by Crippen LogP contribution is -2.27. The second-order valence-electron chi connectivity index (χ2n) is 3.68. The number of esters is 1. The van der Waals surface area contributed by atoms with Gasteiger partial charge in [-0.15, -0.1) is 0 Å². The highest BCUT2D eigenvalue weighted by Crippen LogP contribution is 2.16. The normalized spacial score (nSPS) is 11.9. The molecule has 0 spiro atoms. The Kier molecular flexibility index (Phi) is 5.49. The van der Waals surface area contributed by atoms with Crippen LogP contribution in [0.25, 0.3) is 0 Å². The van der Waals surface area contributed by atoms with Crippen LogP contribution >= 0.6 is 0 Å². The molecule has 1 rings (SSSR count). The van der Waals surface area contributed by atoms with Gasteiger partial charge in [0.15, 0.2) is 0 Å². The summed E-state index contributed by atoms with van der Waals surface area (Å²) in [5.74, 6) is 0.596. The zero-order chi connectivity index (χ0) is 12.7. The molecule has 0 aliphatic heterocycles. The highest BCUT2D eigenvalue weighted by atomic mass is 16.5. The quantitative estimate of drug-likeness (QED) is 0.768. The Bertz CT molecular complexity index is 348. The van der Waals surface area contributed by atoms with E-state index in [1.54, 1.807) is 14.0 Å². The fourth-order valence-electron chi connectivity index (χ4n) is 1.46. The van der Waals surface area contributed by atoms with Crippen LogP contribution in [0.3, 0.4) is 0 Å². The maximum atomic E-state index is 11.2. The third kappa shape index (κ3) is 4.44. The van der Waals surface area contributed by atoms with E-state index in [9.17, 15) is 4.79 Å². The van der Waals surface area contributed by atoms with Gasteiger partial charge in [0.2, 0.25) is 0 Å². The third-order valence-electron chi connectivity index (χ3n) is 2.47. The van der Waals surface area contributed by atoms with Crippen LogP contribution in [-0.4, -0.2) is 26.2 Å². The Morgan fingerprint density at radius 2 is 2.00 bits per heavy atom. The van der Waals surface area contributed by atoms with Gasteiger partial charge in [0.05, 0.1) is 20.3 Å². The highest BCUT2D eigenvalue weighted by molar-refractivity contribution is 5.71. The van der Waals surface area contributed by atoms with Crippen LogP contribution in [0.2, 0.25) is 0 Å². The fourth-order valence-corrected chi connectivity index (χ4v) is 1.46. The van der Waals surface area contributed by atoms with E-state index in [1.165, 1.54) is 0 Å². The molecule has 1 aromatic rings. The maximum absolute atomic E-state index is 11.2. The molecule has 0 fully saturated rings. The molecule has 0 radical (unpaired) electrons. The minimum absolute atomic E-state index is 0.102. The first kappa shape index (κ1) is 13.5. The van der Waals surface area contributed by atoms with Crippen LogP contribution in [0.1, 0.15) is 25.5 Å². The smallest absolute Gasteiger partial charge is 0.319 e. The fraction of sp³-hybridized carbons (Fsp3) is 0.462. The van der Waals surface area contributed by atoms with E-state index >= 15 is 0 Å². The van der Waals surface area contributed by atoms with Crippen molar-refractivity contribution in [2.75, 3.05) is 20.3 Å². The summed E-state index contributed by atoms with van der Waals surface area (Å²) in [6, 6.07) is 7.85. The van der Waals surface area contributed by atoms with Crippen LogP contribution in [0.15, 0.2) is 24.3 Å². The SMILES string of the molecule is CCOC(=O)CN[C@@H](C)c1ccc(OC)cc1. The molecule has 0 aromatic heterocycles. The Morgan fingerprint density at radius 1 is 1.35 bits per heavy atom. The van der Waals surface area contributed by atoms with Crippen molar-refractivity contribution in [3.05, 3.63) is 29.8 Å². The lowest BCUT2D eigenvalue weighted by molar-refractivity contribution is -0.142. The van der Waals surface area contributed by atoms with Crippen molar-refractivity contribution in [1.82, 2.24) is 5.32 Å². The molecule has 1 atom stereocenters. The van der Waals surface area contributed by atoms with Crippen molar-refractivity contribution < 1.29 is 14.3 Å². The average molecular weight is 237 g/mol. The van der Waals surface area contributed by atoms with Crippen LogP contribution in [-0.2, 0) is 9.53 Å². The largest absolute Gasteiger partial charge is 0.497 e. The van der Waals surface area contributed by atoms with Crippen molar-refractivity contribution >= 4 is 5.97 Å². The van der Waals surface area contributed by atoms with E-state index in [-0.39, 0.29) is 18.6 Å². The predicted octanol–water partition coefficient (Wildman–Crippen LogP) is 1.91. The number of rotatable bonds is 6. The molecule has 0 aliphatic carbocycles. The van der Waals surface area contributed by atoms with Crippen LogP contribution in [0.5, 0.6) is 5.75 Å². The summed E-state index contributed by atoms with van der Waals surface area (Å²) in [5, 5.41) is 3.11. The zero-order valence-corrected chi connectivity index (χ0v) is 10.5. The predicted molar refractivity (Wildman–Crippen MR) is 66.0 cm³/mol. The van der Waals surface area contributed by atoms with Gasteiger partial charge in [-0.2, -0.15) is 0 Å². The van der Waals surface area contributed by atoms with Gasteiger partial charge in [0, 0.05) is 6.04 Å². The highest BCUT2D eigenvalue weighted by Gasteiger charge is 2.07. The number of carbonyl (C=O) groups is 1. The third-order valence-corrected chi connectivity index (χ3v) is 2.47. The number of ether oxygens (including phenoxy) is 2. The summed E-state index contributed by atoms with van der Waals surface area (Å²) in [7, 11) is 1.64. The molecule has 4 heteroatoms. The Morgan fingerprint density at radius 3 is 2.53 bits per heavy atom. The Balaban J connectivity index is 2.46. The minimum Gasteiger partial charge on any atom is -0.497 e. The van der Waals surface area contributed by atoms with Gasteiger partial charge in [-0.1, -0.05) is 12.1 Å². The average Bonchev–Trinajstić information content (AvgIpc) is 2.36. The topological polar surface area (TPSA) is 47.6 Å². The summed E-state index contributed by atoms with van der Waals surface area (Å²) in [5.41, 5.74) is 1.11. The van der Waals surface area contributed by atoms with Crippen LogP contribution in [0, 0.1) is 0 Å². The van der Waals surface area contributed by atoms with Gasteiger partial charge < -0.3 is 14.8 Å². The standard InChI is InChI=1S/C13H19NO3/c1-4-17-13(15)9-14-10(2)11-5-7-12(16-3)8-6-11/h5-8,10,14H,4,9H2,1-3H3/t10-/m0/s1. The molecule has 0 unspecified atom stereocenters. The second-order valence-corrected chi connectivity index (χ2v) is 3.68. The summed E-state index contributed by atoms with van der Waals surface area (Å²) in [4.78, 5) is 11.2. The number of hydrogen-bond acceptors (Lipinski definition) is 4. The van der Waals surface area contributed by atoms with E-state index in [0.717, 1.165) is 11.3 Å². The molecular weight excluding hydrogens is 218 g/mol. The van der Waals surface area contributed by atoms with Crippen molar-refractivity contribution in [3.63, 3.8) is 0 Å². The molecule has 0 bridgehead atoms. The number of methoxy groups -OCH3 is 1. The number of nitrogens with one attached hydrogen (secondary N) is 1. The van der Waals surface area contributed by atoms with Crippen LogP contribution < -0.4 is 10.1 Å². The monoisotopic (exact) mass is 237 g/mol. The lowest BCUT2D eigenvalue weighted by Gasteiger charge is -2.14. The number of hydrogen-bond donors (Lipinski definition) is 1. The van der Waals surface area contributed by atoms with Crippen molar-refractivity contribution in [1.29, 1.82) is 0 Å². The number of carbonyl (C=O) groups excluding carboxylic acids is 1. The first-order valence-electron chi connectivity index (χ1n) is 5.70. The molecule has 17 heavy (non-hydrogen) atoms.